The second-order valence-electron chi connectivity index (χ2n) is 4.23. The maximum atomic E-state index is 9.93. The van der Waals surface area contributed by atoms with E-state index in [2.05, 4.69) is 4.52 Å². The molecular weight excluding hydrogens is 458 g/mol. The first kappa shape index (κ1) is 21.9. The Kier molecular flexibility index (Phi) is 13.1. The summed E-state index contributed by atoms with van der Waals surface area (Å²) in [6, 6.07) is 0.562. The Hall–Kier alpha value is 0.638. The molecule has 1 rings (SSSR count). The fraction of sp³-hybridized carbons (Fsp3) is 1.00. The van der Waals surface area contributed by atoms with Crippen molar-refractivity contribution in [2.45, 2.75) is 43.9 Å². The molecule has 120 valence electrons. The molecule has 0 amide bonds. The fourth-order valence-corrected chi connectivity index (χ4v) is 1.79. The SMILES string of the molecule is NC1CCCCC1N.O=P(O)(O)OCC(O)CO.[Pt]. The minimum absolute atomic E-state index is 0. The molecule has 1 aliphatic carbocycles. The summed E-state index contributed by atoms with van der Waals surface area (Å²) in [5, 5.41) is 16.7. The Morgan fingerprint density at radius 1 is 1.21 bits per heavy atom. The first-order valence-electron chi connectivity index (χ1n) is 5.76. The number of aliphatic hydroxyl groups excluding tert-OH is 2. The maximum absolute atomic E-state index is 9.93. The summed E-state index contributed by atoms with van der Waals surface area (Å²) in [5.74, 6) is 0. The van der Waals surface area contributed by atoms with E-state index < -0.39 is 27.1 Å². The van der Waals surface area contributed by atoms with Gasteiger partial charge in [0.25, 0.3) is 0 Å². The minimum Gasteiger partial charge on any atom is -0.394 e. The van der Waals surface area contributed by atoms with E-state index in [1.165, 1.54) is 12.8 Å². The van der Waals surface area contributed by atoms with Gasteiger partial charge >= 0.3 is 7.82 Å². The molecule has 0 aromatic heterocycles. The van der Waals surface area contributed by atoms with E-state index in [1.807, 2.05) is 0 Å². The molecule has 8 N–H and O–H groups in total. The van der Waals surface area contributed by atoms with Crippen LogP contribution in [0.2, 0.25) is 0 Å². The van der Waals surface area contributed by atoms with Gasteiger partial charge in [-0.3, -0.25) is 4.52 Å². The van der Waals surface area contributed by atoms with Crippen molar-refractivity contribution in [2.75, 3.05) is 13.2 Å². The van der Waals surface area contributed by atoms with E-state index >= 15 is 0 Å². The van der Waals surface area contributed by atoms with Gasteiger partial charge in [-0.25, -0.2) is 4.57 Å². The summed E-state index contributed by atoms with van der Waals surface area (Å²) < 4.78 is 13.8. The molecule has 0 spiro atoms. The molecule has 0 aliphatic heterocycles. The zero-order valence-corrected chi connectivity index (χ0v) is 13.7. The van der Waals surface area contributed by atoms with Crippen molar-refractivity contribution >= 4 is 7.82 Å². The molecule has 19 heavy (non-hydrogen) atoms. The first-order chi connectivity index (χ1) is 8.26. The summed E-state index contributed by atoms with van der Waals surface area (Å²) in [5.41, 5.74) is 11.3. The van der Waals surface area contributed by atoms with Gasteiger partial charge in [-0.05, 0) is 12.8 Å². The van der Waals surface area contributed by atoms with Crippen molar-refractivity contribution in [1.82, 2.24) is 0 Å². The number of aliphatic hydroxyl groups is 2. The number of nitrogens with two attached hydrogens (primary N) is 2. The Labute approximate surface area is 127 Å². The number of rotatable bonds is 4. The monoisotopic (exact) mass is 481 g/mol. The molecule has 3 unspecified atom stereocenters. The molecule has 1 fully saturated rings. The first-order valence-corrected chi connectivity index (χ1v) is 7.29. The van der Waals surface area contributed by atoms with Crippen molar-refractivity contribution in [3.8, 4) is 0 Å². The minimum atomic E-state index is -4.50. The summed E-state index contributed by atoms with van der Waals surface area (Å²) in [6.07, 6.45) is 3.55. The normalized spacial score (nSPS) is 24.7. The van der Waals surface area contributed by atoms with Gasteiger partial charge in [0.2, 0.25) is 0 Å². The Balaban J connectivity index is 0. The molecule has 0 radical (unpaired) electrons. The number of hydrogen-bond donors (Lipinski definition) is 6. The van der Waals surface area contributed by atoms with Gasteiger partial charge in [0.1, 0.15) is 6.10 Å². The second-order valence-corrected chi connectivity index (χ2v) is 5.47. The van der Waals surface area contributed by atoms with Crippen LogP contribution in [0.15, 0.2) is 0 Å². The van der Waals surface area contributed by atoms with Crippen LogP contribution in [0.1, 0.15) is 25.7 Å². The quantitative estimate of drug-likeness (QED) is 0.269. The van der Waals surface area contributed by atoms with Crippen LogP contribution in [-0.2, 0) is 30.2 Å². The van der Waals surface area contributed by atoms with E-state index in [9.17, 15) is 4.57 Å². The van der Waals surface area contributed by atoms with Crippen LogP contribution in [0.5, 0.6) is 0 Å². The molecule has 1 saturated carbocycles. The Bertz CT molecular complexity index is 257. The van der Waals surface area contributed by atoms with Crippen molar-refractivity contribution in [3.63, 3.8) is 0 Å². The van der Waals surface area contributed by atoms with Crippen molar-refractivity contribution < 1.29 is 50.2 Å². The largest absolute Gasteiger partial charge is 0.469 e. The molecule has 10 heteroatoms. The van der Waals surface area contributed by atoms with Crippen LogP contribution in [0.3, 0.4) is 0 Å². The number of phosphoric ester groups is 1. The Morgan fingerprint density at radius 3 is 1.89 bits per heavy atom. The van der Waals surface area contributed by atoms with E-state index in [0.717, 1.165) is 12.8 Å². The summed E-state index contributed by atoms with van der Waals surface area (Å²) in [4.78, 5) is 16.1. The fourth-order valence-electron chi connectivity index (χ4n) is 1.42. The smallest absolute Gasteiger partial charge is 0.394 e. The average molecular weight is 481 g/mol. The molecular formula is C9H23N2O6PPt. The van der Waals surface area contributed by atoms with Gasteiger partial charge in [0.15, 0.2) is 0 Å². The standard InChI is InChI=1S/C6H14N2.C3H9O6P.Pt/c7-5-3-1-2-4-6(5)8;4-1-3(5)2-9-10(6,7)8;/h5-6H,1-4,7-8H2;3-5H,1-2H2,(H2,6,7,8);. The third kappa shape index (κ3) is 13.4. The number of hydrogen-bond acceptors (Lipinski definition) is 6. The van der Waals surface area contributed by atoms with Gasteiger partial charge in [-0.2, -0.15) is 0 Å². The summed E-state index contributed by atoms with van der Waals surface area (Å²) in [7, 11) is -4.50. The molecule has 0 aromatic rings. The van der Waals surface area contributed by atoms with E-state index in [1.54, 1.807) is 0 Å². The molecule has 0 heterocycles. The average Bonchev–Trinajstić information content (AvgIpc) is 2.30. The predicted octanol–water partition coefficient (Wildman–Crippen LogP) is -1.34. The molecule has 0 saturated heterocycles. The van der Waals surface area contributed by atoms with Crippen molar-refractivity contribution in [3.05, 3.63) is 0 Å². The van der Waals surface area contributed by atoms with Crippen LogP contribution in [0.4, 0.5) is 0 Å². The van der Waals surface area contributed by atoms with Crippen molar-refractivity contribution in [2.24, 2.45) is 11.5 Å². The molecule has 8 nitrogen and oxygen atoms in total. The topological polar surface area (TPSA) is 159 Å². The second kappa shape index (κ2) is 11.3. The Morgan fingerprint density at radius 2 is 1.63 bits per heavy atom. The van der Waals surface area contributed by atoms with Crippen molar-refractivity contribution in [1.29, 1.82) is 0 Å². The predicted molar refractivity (Wildman–Crippen MR) is 65.5 cm³/mol. The van der Waals surface area contributed by atoms with Crippen LogP contribution < -0.4 is 11.5 Å². The molecule has 3 atom stereocenters. The van der Waals surface area contributed by atoms with E-state index in [4.69, 9.17) is 31.5 Å². The number of phosphoric acid groups is 1. The van der Waals surface area contributed by atoms with Crippen LogP contribution in [0.25, 0.3) is 0 Å². The van der Waals surface area contributed by atoms with E-state index in [-0.39, 0.29) is 33.1 Å². The third-order valence-corrected chi connectivity index (χ3v) is 3.01. The van der Waals surface area contributed by atoms with Crippen LogP contribution >= 0.6 is 7.82 Å². The molecule has 0 aromatic carbocycles. The molecule has 0 bridgehead atoms. The molecule has 1 aliphatic rings. The van der Waals surface area contributed by atoms with Gasteiger partial charge in [0.05, 0.1) is 13.2 Å². The zero-order valence-electron chi connectivity index (χ0n) is 10.5. The van der Waals surface area contributed by atoms with Gasteiger partial charge < -0.3 is 31.5 Å². The van der Waals surface area contributed by atoms with Gasteiger partial charge in [-0.1, -0.05) is 12.8 Å². The van der Waals surface area contributed by atoms with Crippen LogP contribution in [0, 0.1) is 0 Å². The van der Waals surface area contributed by atoms with E-state index in [0.29, 0.717) is 0 Å². The zero-order chi connectivity index (χ0) is 14.2. The maximum Gasteiger partial charge on any atom is 0.469 e. The van der Waals surface area contributed by atoms with Crippen LogP contribution in [-0.4, -0.2) is 51.4 Å². The van der Waals surface area contributed by atoms with Gasteiger partial charge in [-0.15, -0.1) is 0 Å². The summed E-state index contributed by atoms with van der Waals surface area (Å²) >= 11 is 0. The van der Waals surface area contributed by atoms with Gasteiger partial charge in [0, 0.05) is 33.1 Å². The third-order valence-electron chi connectivity index (χ3n) is 2.52. The summed E-state index contributed by atoms with van der Waals surface area (Å²) in [6.45, 7) is -1.15.